The summed E-state index contributed by atoms with van der Waals surface area (Å²) in [4.78, 5) is 0.126. The minimum atomic E-state index is -3.70. The van der Waals surface area contributed by atoms with Crippen LogP contribution >= 0.6 is 0 Å². The lowest BCUT2D eigenvalue weighted by Crippen LogP contribution is -2.23. The van der Waals surface area contributed by atoms with Crippen molar-refractivity contribution < 1.29 is 22.3 Å². The van der Waals surface area contributed by atoms with Crippen LogP contribution in [0.3, 0.4) is 0 Å². The van der Waals surface area contributed by atoms with Gasteiger partial charge >= 0.3 is 0 Å². The van der Waals surface area contributed by atoms with E-state index in [1.165, 1.54) is 12.1 Å². The third kappa shape index (κ3) is 4.63. The van der Waals surface area contributed by atoms with Crippen molar-refractivity contribution in [2.75, 3.05) is 13.7 Å². The van der Waals surface area contributed by atoms with Crippen LogP contribution in [-0.4, -0.2) is 32.3 Å². The molecular formula is C18H19N3O5S. The Labute approximate surface area is 157 Å². The van der Waals surface area contributed by atoms with Crippen molar-refractivity contribution in [3.63, 3.8) is 0 Å². The van der Waals surface area contributed by atoms with Crippen LogP contribution in [0.1, 0.15) is 12.8 Å². The molecule has 0 unspecified atom stereocenters. The molecule has 2 aromatic carbocycles. The summed E-state index contributed by atoms with van der Waals surface area (Å²) in [7, 11) is -2.12. The molecule has 142 valence electrons. The molecular weight excluding hydrogens is 370 g/mol. The minimum Gasteiger partial charge on any atom is -0.497 e. The lowest BCUT2D eigenvalue weighted by molar-refractivity contribution is 0.340. The first-order valence-electron chi connectivity index (χ1n) is 8.21. The summed E-state index contributed by atoms with van der Waals surface area (Å²) in [6.45, 7) is 2.26. The fourth-order valence-electron chi connectivity index (χ4n) is 2.30. The second-order valence-corrected chi connectivity index (χ2v) is 7.23. The third-order valence-corrected chi connectivity index (χ3v) is 5.08. The molecule has 0 atom stereocenters. The second kappa shape index (κ2) is 8.19. The van der Waals surface area contributed by atoms with Crippen molar-refractivity contribution >= 4 is 10.0 Å². The van der Waals surface area contributed by atoms with Crippen molar-refractivity contribution in [3.05, 3.63) is 54.4 Å². The number of aromatic nitrogens is 2. The molecule has 0 radical (unpaired) electrons. The van der Waals surface area contributed by atoms with E-state index >= 15 is 0 Å². The van der Waals surface area contributed by atoms with Gasteiger partial charge in [-0.3, -0.25) is 0 Å². The van der Waals surface area contributed by atoms with Crippen LogP contribution in [0.2, 0.25) is 0 Å². The summed E-state index contributed by atoms with van der Waals surface area (Å²) in [6.07, 6.45) is 0. The first kappa shape index (κ1) is 18.9. The maximum absolute atomic E-state index is 12.4. The summed E-state index contributed by atoms with van der Waals surface area (Å²) < 4.78 is 43.1. The Kier molecular flexibility index (Phi) is 5.72. The minimum absolute atomic E-state index is 0.112. The molecule has 27 heavy (non-hydrogen) atoms. The zero-order valence-corrected chi connectivity index (χ0v) is 15.7. The maximum Gasteiger partial charge on any atom is 0.247 e. The summed E-state index contributed by atoms with van der Waals surface area (Å²) in [5.74, 6) is 1.78. The highest BCUT2D eigenvalue weighted by molar-refractivity contribution is 7.89. The molecule has 1 aromatic heterocycles. The van der Waals surface area contributed by atoms with Crippen molar-refractivity contribution in [2.45, 2.75) is 18.4 Å². The third-order valence-electron chi connectivity index (χ3n) is 3.66. The van der Waals surface area contributed by atoms with Gasteiger partial charge in [0, 0.05) is 5.56 Å². The van der Waals surface area contributed by atoms with E-state index in [9.17, 15) is 8.42 Å². The zero-order valence-electron chi connectivity index (χ0n) is 14.9. The van der Waals surface area contributed by atoms with Crippen LogP contribution in [0.25, 0.3) is 11.5 Å². The molecule has 0 saturated carbocycles. The van der Waals surface area contributed by atoms with Crippen LogP contribution in [0.15, 0.2) is 57.8 Å². The van der Waals surface area contributed by atoms with Gasteiger partial charge in [-0.15, -0.1) is 10.2 Å². The van der Waals surface area contributed by atoms with Gasteiger partial charge in [-0.25, -0.2) is 13.1 Å². The predicted octanol–water partition coefficient (Wildman–Crippen LogP) is 2.62. The van der Waals surface area contributed by atoms with Crippen molar-refractivity contribution in [1.82, 2.24) is 14.9 Å². The summed E-state index contributed by atoms with van der Waals surface area (Å²) in [6, 6.07) is 13.3. The largest absolute Gasteiger partial charge is 0.497 e. The molecule has 1 heterocycles. The highest BCUT2D eigenvalue weighted by Gasteiger charge is 2.16. The molecule has 0 aliphatic carbocycles. The Morgan fingerprint density at radius 2 is 1.67 bits per heavy atom. The van der Waals surface area contributed by atoms with E-state index in [0.29, 0.717) is 29.6 Å². The number of methoxy groups -OCH3 is 1. The second-order valence-electron chi connectivity index (χ2n) is 5.46. The first-order chi connectivity index (χ1) is 13.0. The van der Waals surface area contributed by atoms with E-state index in [1.807, 2.05) is 6.92 Å². The lowest BCUT2D eigenvalue weighted by Gasteiger charge is -2.06. The molecule has 1 N–H and O–H groups in total. The van der Waals surface area contributed by atoms with E-state index in [4.69, 9.17) is 13.9 Å². The number of ether oxygens (including phenoxy) is 2. The fourth-order valence-corrected chi connectivity index (χ4v) is 3.27. The number of sulfonamides is 1. The van der Waals surface area contributed by atoms with Crippen LogP contribution in [0.4, 0.5) is 0 Å². The van der Waals surface area contributed by atoms with E-state index in [2.05, 4.69) is 14.9 Å². The lowest BCUT2D eigenvalue weighted by atomic mass is 10.2. The van der Waals surface area contributed by atoms with Gasteiger partial charge < -0.3 is 13.9 Å². The van der Waals surface area contributed by atoms with Gasteiger partial charge in [0.05, 0.1) is 25.2 Å². The molecule has 0 spiro atoms. The average molecular weight is 389 g/mol. The topological polar surface area (TPSA) is 104 Å². The van der Waals surface area contributed by atoms with Gasteiger partial charge in [-0.2, -0.15) is 0 Å². The Hall–Kier alpha value is -2.91. The normalized spacial score (nSPS) is 11.3. The molecule has 0 bridgehead atoms. The monoisotopic (exact) mass is 389 g/mol. The standard InChI is InChI=1S/C18H19N3O5S/c1-3-25-15-8-10-16(11-9-15)27(22,23)19-12-17-20-21-18(26-17)13-4-6-14(24-2)7-5-13/h4-11,19H,3,12H2,1-2H3. The number of hydrogen-bond acceptors (Lipinski definition) is 7. The van der Waals surface area contributed by atoms with Gasteiger partial charge in [-0.05, 0) is 55.5 Å². The Balaban J connectivity index is 1.66. The van der Waals surface area contributed by atoms with Gasteiger partial charge in [0.1, 0.15) is 11.5 Å². The van der Waals surface area contributed by atoms with Gasteiger partial charge in [0.2, 0.25) is 21.8 Å². The van der Waals surface area contributed by atoms with Gasteiger partial charge in [-0.1, -0.05) is 0 Å². The van der Waals surface area contributed by atoms with Gasteiger partial charge in [0.25, 0.3) is 0 Å². The highest BCUT2D eigenvalue weighted by Crippen LogP contribution is 2.21. The van der Waals surface area contributed by atoms with Crippen molar-refractivity contribution in [1.29, 1.82) is 0 Å². The number of rotatable bonds is 8. The van der Waals surface area contributed by atoms with Crippen LogP contribution in [0, 0.1) is 0 Å². The van der Waals surface area contributed by atoms with Crippen molar-refractivity contribution in [3.8, 4) is 23.0 Å². The Morgan fingerprint density at radius 1 is 1.00 bits per heavy atom. The van der Waals surface area contributed by atoms with E-state index in [-0.39, 0.29) is 17.3 Å². The number of nitrogens with one attached hydrogen (secondary N) is 1. The number of benzene rings is 2. The number of hydrogen-bond donors (Lipinski definition) is 1. The molecule has 3 aromatic rings. The van der Waals surface area contributed by atoms with E-state index in [0.717, 1.165) is 0 Å². The molecule has 0 aliphatic rings. The zero-order chi connectivity index (χ0) is 19.3. The van der Waals surface area contributed by atoms with Crippen molar-refractivity contribution in [2.24, 2.45) is 0 Å². The molecule has 9 heteroatoms. The van der Waals surface area contributed by atoms with E-state index < -0.39 is 10.0 Å². The molecule has 3 rings (SSSR count). The molecule has 0 saturated heterocycles. The predicted molar refractivity (Wildman–Crippen MR) is 97.9 cm³/mol. The summed E-state index contributed by atoms with van der Waals surface area (Å²) in [5, 5.41) is 7.81. The highest BCUT2D eigenvalue weighted by atomic mass is 32.2. The van der Waals surface area contributed by atoms with E-state index in [1.54, 1.807) is 43.5 Å². The maximum atomic E-state index is 12.4. The summed E-state index contributed by atoms with van der Waals surface area (Å²) >= 11 is 0. The molecule has 0 amide bonds. The van der Waals surface area contributed by atoms with Crippen LogP contribution < -0.4 is 14.2 Å². The first-order valence-corrected chi connectivity index (χ1v) is 9.69. The SMILES string of the molecule is CCOc1ccc(S(=O)(=O)NCc2nnc(-c3ccc(OC)cc3)o2)cc1. The summed E-state index contributed by atoms with van der Waals surface area (Å²) in [5.41, 5.74) is 0.712. The van der Waals surface area contributed by atoms with Gasteiger partial charge in [0.15, 0.2) is 0 Å². The smallest absolute Gasteiger partial charge is 0.247 e. The average Bonchev–Trinajstić information content (AvgIpc) is 3.16. The molecule has 8 nitrogen and oxygen atoms in total. The quantitative estimate of drug-likeness (QED) is 0.631. The molecule has 0 aliphatic heterocycles. The fraction of sp³-hybridized carbons (Fsp3) is 0.222. The number of nitrogens with zero attached hydrogens (tertiary/aromatic N) is 2. The Morgan fingerprint density at radius 3 is 2.30 bits per heavy atom. The Bertz CT molecular complexity index is 983. The van der Waals surface area contributed by atoms with Crippen LogP contribution in [-0.2, 0) is 16.6 Å². The van der Waals surface area contributed by atoms with Crippen LogP contribution in [0.5, 0.6) is 11.5 Å². The molecule has 0 fully saturated rings.